The van der Waals surface area contributed by atoms with Crippen LogP contribution >= 0.6 is 0 Å². The lowest BCUT2D eigenvalue weighted by Gasteiger charge is -2.28. The van der Waals surface area contributed by atoms with Gasteiger partial charge in [0.1, 0.15) is 11.7 Å². The number of unbranched alkanes of at least 4 members (excludes halogenated alkanes) is 32. The second kappa shape index (κ2) is 32.6. The summed E-state index contributed by atoms with van der Waals surface area (Å²) in [4.78, 5) is 12.0. The van der Waals surface area contributed by atoms with E-state index in [0.29, 0.717) is 0 Å². The number of esters is 1. The Bertz CT molecular complexity index is 609. The van der Waals surface area contributed by atoms with Crippen LogP contribution in [0.1, 0.15) is 239 Å². The average molecular weight is 603 g/mol. The van der Waals surface area contributed by atoms with Crippen LogP contribution in [0.3, 0.4) is 0 Å². The van der Waals surface area contributed by atoms with Crippen LogP contribution < -0.4 is 0 Å². The molecule has 2 nitrogen and oxygen atoms in total. The van der Waals surface area contributed by atoms with Crippen LogP contribution in [0.15, 0.2) is 11.8 Å². The molecule has 2 heteroatoms. The summed E-state index contributed by atoms with van der Waals surface area (Å²) in [6.07, 6.45) is 50.6. The average Bonchev–Trinajstić information content (AvgIpc) is 3.01. The van der Waals surface area contributed by atoms with E-state index in [2.05, 4.69) is 19.9 Å². The van der Waals surface area contributed by atoms with Crippen molar-refractivity contribution in [1.82, 2.24) is 0 Å². The number of allylic oxidation sites excluding steroid dienone is 1. The Morgan fingerprint density at radius 3 is 1.00 bits per heavy atom. The van der Waals surface area contributed by atoms with Crippen molar-refractivity contribution in [1.29, 1.82) is 0 Å². The summed E-state index contributed by atoms with van der Waals surface area (Å²) < 4.78 is 5.39. The molecule has 1 fully saturated rings. The van der Waals surface area contributed by atoms with Crippen molar-refractivity contribution in [2.24, 2.45) is 5.92 Å². The minimum atomic E-state index is 0.0228. The van der Waals surface area contributed by atoms with Crippen molar-refractivity contribution < 1.29 is 9.53 Å². The fourth-order valence-electron chi connectivity index (χ4n) is 6.77. The smallest absolute Gasteiger partial charge is 0.321 e. The Morgan fingerprint density at radius 2 is 0.698 bits per heavy atom. The number of ether oxygens (including phenoxy) is 1. The van der Waals surface area contributed by atoms with Gasteiger partial charge in [0.05, 0.1) is 0 Å². The van der Waals surface area contributed by atoms with E-state index in [4.69, 9.17) is 4.74 Å². The summed E-state index contributed by atoms with van der Waals surface area (Å²) in [7, 11) is 0. The highest BCUT2D eigenvalue weighted by Crippen LogP contribution is 2.32. The number of rotatable bonds is 35. The highest BCUT2D eigenvalue weighted by Gasteiger charge is 2.36. The molecule has 1 heterocycles. The fraction of sp³-hybridized carbons (Fsp3) is 0.927. The summed E-state index contributed by atoms with van der Waals surface area (Å²) in [5, 5.41) is 0. The first-order valence-electron chi connectivity index (χ1n) is 20.2. The third-order valence-electron chi connectivity index (χ3n) is 9.85. The summed E-state index contributed by atoms with van der Waals surface area (Å²) in [5.41, 5.74) is 0. The van der Waals surface area contributed by atoms with Gasteiger partial charge in [0.15, 0.2) is 0 Å². The van der Waals surface area contributed by atoms with Gasteiger partial charge in [-0.25, -0.2) is 0 Å². The number of carbonyl (C=O) groups excluding carboxylic acids is 1. The van der Waals surface area contributed by atoms with E-state index in [1.165, 1.54) is 212 Å². The number of carbonyl (C=O) groups is 1. The molecule has 1 unspecified atom stereocenters. The van der Waals surface area contributed by atoms with Gasteiger partial charge >= 0.3 is 5.97 Å². The first-order valence-corrected chi connectivity index (χ1v) is 20.2. The summed E-state index contributed by atoms with van der Waals surface area (Å²) in [6.45, 7) is 4.59. The standard InChI is InChI=1S/C41H78O2/c1-3-5-7-9-11-13-15-17-19-21-22-24-26-28-30-32-34-36-38-40-39(41(42)43-40)37-35-33-31-29-27-25-23-20-18-16-14-12-10-8-6-4-2/h38-39H,3-37H2,1-2H3. The Morgan fingerprint density at radius 1 is 0.419 bits per heavy atom. The number of hydrogen-bond donors (Lipinski definition) is 0. The summed E-state index contributed by atoms with van der Waals surface area (Å²) in [5.74, 6) is 1.09. The molecule has 0 bridgehead atoms. The Balaban J connectivity index is 1.81. The van der Waals surface area contributed by atoms with Crippen molar-refractivity contribution in [2.45, 2.75) is 239 Å². The van der Waals surface area contributed by atoms with Crippen LogP contribution in [0.4, 0.5) is 0 Å². The normalized spacial score (nSPS) is 15.7. The van der Waals surface area contributed by atoms with Crippen molar-refractivity contribution >= 4 is 5.97 Å². The van der Waals surface area contributed by atoms with Crippen molar-refractivity contribution in [3.8, 4) is 0 Å². The minimum absolute atomic E-state index is 0.0228. The Labute approximate surface area is 271 Å². The van der Waals surface area contributed by atoms with Gasteiger partial charge in [-0.3, -0.25) is 4.79 Å². The first-order chi connectivity index (χ1) is 21.3. The van der Waals surface area contributed by atoms with Gasteiger partial charge in [0.25, 0.3) is 0 Å². The van der Waals surface area contributed by atoms with Gasteiger partial charge in [0.2, 0.25) is 0 Å². The van der Waals surface area contributed by atoms with E-state index in [1.54, 1.807) is 0 Å². The SMILES string of the molecule is CCCCCCCCCCCCCCCCCCCC=C1OC(=O)C1CCCCCCCCCCCCCCCCCC. The highest BCUT2D eigenvalue weighted by molar-refractivity contribution is 5.82. The largest absolute Gasteiger partial charge is 0.430 e. The molecule has 43 heavy (non-hydrogen) atoms. The molecule has 1 saturated heterocycles. The molecular weight excluding hydrogens is 524 g/mol. The lowest BCUT2D eigenvalue weighted by molar-refractivity contribution is -0.157. The monoisotopic (exact) mass is 603 g/mol. The fourth-order valence-corrected chi connectivity index (χ4v) is 6.77. The molecule has 1 aliphatic heterocycles. The van der Waals surface area contributed by atoms with Crippen molar-refractivity contribution in [3.05, 3.63) is 11.8 Å². The first kappa shape index (κ1) is 40.2. The lowest BCUT2D eigenvalue weighted by atomic mass is 9.93. The second-order valence-corrected chi connectivity index (χ2v) is 14.1. The lowest BCUT2D eigenvalue weighted by Crippen LogP contribution is -2.32. The number of cyclic esters (lactones) is 1. The maximum absolute atomic E-state index is 12.0. The van der Waals surface area contributed by atoms with Gasteiger partial charge < -0.3 is 4.74 Å². The predicted molar refractivity (Wildman–Crippen MR) is 191 cm³/mol. The maximum atomic E-state index is 12.0. The van der Waals surface area contributed by atoms with Crippen LogP contribution in [0.5, 0.6) is 0 Å². The van der Waals surface area contributed by atoms with Crippen LogP contribution in [0, 0.1) is 5.92 Å². The molecule has 254 valence electrons. The molecular formula is C41H78O2. The molecule has 1 aliphatic rings. The van der Waals surface area contributed by atoms with E-state index < -0.39 is 0 Å². The minimum Gasteiger partial charge on any atom is -0.430 e. The van der Waals surface area contributed by atoms with E-state index >= 15 is 0 Å². The molecule has 0 N–H and O–H groups in total. The molecule has 0 aromatic heterocycles. The van der Waals surface area contributed by atoms with Gasteiger partial charge in [0, 0.05) is 0 Å². The molecule has 1 atom stereocenters. The highest BCUT2D eigenvalue weighted by atomic mass is 16.6. The predicted octanol–water partition coefficient (Wildman–Crippen LogP) is 14.7. The van der Waals surface area contributed by atoms with Crippen LogP contribution in [-0.2, 0) is 9.53 Å². The van der Waals surface area contributed by atoms with Gasteiger partial charge in [-0.05, 0) is 25.3 Å². The van der Waals surface area contributed by atoms with Gasteiger partial charge in [-0.1, -0.05) is 219 Å². The number of hydrogen-bond acceptors (Lipinski definition) is 2. The van der Waals surface area contributed by atoms with E-state index in [9.17, 15) is 4.79 Å². The molecule has 1 rings (SSSR count). The molecule has 0 aliphatic carbocycles. The Kier molecular flexibility index (Phi) is 30.5. The molecule has 0 spiro atoms. The summed E-state index contributed by atoms with van der Waals surface area (Å²) >= 11 is 0. The van der Waals surface area contributed by atoms with E-state index in [1.807, 2.05) is 0 Å². The second-order valence-electron chi connectivity index (χ2n) is 14.1. The van der Waals surface area contributed by atoms with Crippen LogP contribution in [0.2, 0.25) is 0 Å². The zero-order valence-corrected chi connectivity index (χ0v) is 29.7. The zero-order valence-electron chi connectivity index (χ0n) is 29.7. The molecule has 0 aromatic rings. The topological polar surface area (TPSA) is 26.3 Å². The zero-order chi connectivity index (χ0) is 30.9. The van der Waals surface area contributed by atoms with E-state index in [0.717, 1.165) is 18.6 Å². The Hall–Kier alpha value is -0.790. The van der Waals surface area contributed by atoms with Gasteiger partial charge in [-0.15, -0.1) is 0 Å². The van der Waals surface area contributed by atoms with Gasteiger partial charge in [-0.2, -0.15) is 0 Å². The quantitative estimate of drug-likeness (QED) is 0.0533. The summed E-state index contributed by atoms with van der Waals surface area (Å²) in [6, 6.07) is 0. The van der Waals surface area contributed by atoms with Crippen molar-refractivity contribution in [2.75, 3.05) is 0 Å². The third-order valence-corrected chi connectivity index (χ3v) is 9.85. The molecule has 0 amide bonds. The maximum Gasteiger partial charge on any atom is 0.321 e. The molecule has 0 radical (unpaired) electrons. The molecule has 0 aromatic carbocycles. The third kappa shape index (κ3) is 26.2. The van der Waals surface area contributed by atoms with Crippen LogP contribution in [0.25, 0.3) is 0 Å². The van der Waals surface area contributed by atoms with Crippen molar-refractivity contribution in [3.63, 3.8) is 0 Å². The molecule has 0 saturated carbocycles. The van der Waals surface area contributed by atoms with Crippen LogP contribution in [-0.4, -0.2) is 5.97 Å². The van der Waals surface area contributed by atoms with E-state index in [-0.39, 0.29) is 11.9 Å².